The Labute approximate surface area is 333 Å². The van der Waals surface area contributed by atoms with E-state index in [0.717, 1.165) is 17.7 Å². The van der Waals surface area contributed by atoms with Crippen LogP contribution in [0.25, 0.3) is 5.57 Å². The lowest BCUT2D eigenvalue weighted by molar-refractivity contribution is -0.138. The number of Topliss-reactive ketones (excluding diaryl/α,β-unsaturated/α-hetero) is 2. The van der Waals surface area contributed by atoms with Crippen molar-refractivity contribution in [3.8, 4) is 51.7 Å². The van der Waals surface area contributed by atoms with Crippen LogP contribution in [-0.2, 0) is 4.79 Å². The van der Waals surface area contributed by atoms with Gasteiger partial charge in [0.15, 0.2) is 11.6 Å². The molecule has 10 N–H and O–H groups in total. The Morgan fingerprint density at radius 1 is 0.448 bits per heavy atom. The average molecular weight is 791 g/mol. The van der Waals surface area contributed by atoms with Gasteiger partial charge >= 0.3 is 5.97 Å². The topological polar surface area (TPSA) is 254 Å². The zero-order valence-electron chi connectivity index (χ0n) is 31.3. The summed E-state index contributed by atoms with van der Waals surface area (Å²) in [5, 5.41) is 91.0. The van der Waals surface area contributed by atoms with Gasteiger partial charge in [0.05, 0.1) is 17.0 Å². The highest BCUT2D eigenvalue weighted by Crippen LogP contribution is 2.30. The lowest BCUT2D eigenvalue weighted by atomic mass is 9.92. The Hall–Kier alpha value is -7.93. The molecule has 0 amide bonds. The van der Waals surface area contributed by atoms with Crippen molar-refractivity contribution < 1.29 is 65.4 Å². The van der Waals surface area contributed by atoms with Gasteiger partial charge < -0.3 is 51.1 Å². The van der Waals surface area contributed by atoms with E-state index < -0.39 is 23.6 Å². The van der Waals surface area contributed by atoms with Crippen LogP contribution in [-0.4, -0.2) is 68.6 Å². The van der Waals surface area contributed by atoms with E-state index in [4.69, 9.17) is 20.4 Å². The fourth-order valence-electron chi connectivity index (χ4n) is 4.94. The number of carbonyl (C=O) groups excluding carboxylic acids is 2. The first kappa shape index (κ1) is 44.5. The standard InChI is InChI=1S/C15H14O4.C15H12O4.C9H10O3.C6H6O2/c2*1-9(10-2-4-11(16)5-3-10)15(19)13-7-6-12(17)8-14(13)18;1-6(9(11)12)7-2-4-8(10)5-3-7;7-5-2-1-3-6(8)4-5/h2-9,16-18H,1H3;2-8,16-18H,1H2;2-6,10H,1H3,(H,11,12);1-4,7-8H. The van der Waals surface area contributed by atoms with Gasteiger partial charge in [0.2, 0.25) is 0 Å². The van der Waals surface area contributed by atoms with Gasteiger partial charge in [0.1, 0.15) is 51.7 Å². The monoisotopic (exact) mass is 790 g/mol. The second-order valence-corrected chi connectivity index (χ2v) is 12.6. The molecule has 2 atom stereocenters. The van der Waals surface area contributed by atoms with Crippen molar-refractivity contribution >= 4 is 23.1 Å². The molecule has 0 aliphatic rings. The molecule has 13 nitrogen and oxygen atoms in total. The van der Waals surface area contributed by atoms with Gasteiger partial charge in [-0.3, -0.25) is 14.4 Å². The lowest BCUT2D eigenvalue weighted by Crippen LogP contribution is -2.09. The summed E-state index contributed by atoms with van der Waals surface area (Å²) in [7, 11) is 0. The molecule has 0 aromatic heterocycles. The molecule has 2 unspecified atom stereocenters. The largest absolute Gasteiger partial charge is 0.508 e. The van der Waals surface area contributed by atoms with Crippen molar-refractivity contribution in [1.29, 1.82) is 0 Å². The smallest absolute Gasteiger partial charge is 0.310 e. The van der Waals surface area contributed by atoms with Crippen molar-refractivity contribution in [2.75, 3.05) is 0 Å². The fraction of sp³-hybridized carbons (Fsp3) is 0.0889. The number of aliphatic carboxylic acids is 1. The third kappa shape index (κ3) is 13.1. The number of hydrogen-bond donors (Lipinski definition) is 10. The molecule has 6 aromatic carbocycles. The highest BCUT2D eigenvalue weighted by atomic mass is 16.4. The summed E-state index contributed by atoms with van der Waals surface area (Å²) in [5.74, 6) is -2.72. The van der Waals surface area contributed by atoms with Gasteiger partial charge in [0, 0.05) is 29.7 Å². The van der Waals surface area contributed by atoms with Crippen LogP contribution in [0.1, 0.15) is 63.1 Å². The number of hydrogen-bond acceptors (Lipinski definition) is 12. The number of benzene rings is 6. The first-order chi connectivity index (χ1) is 27.4. The predicted octanol–water partition coefficient (Wildman–Crippen LogP) is 8.17. The first-order valence-corrected chi connectivity index (χ1v) is 17.3. The number of aromatic hydroxyl groups is 9. The summed E-state index contributed by atoms with van der Waals surface area (Å²) in [6.45, 7) is 7.02. The summed E-state index contributed by atoms with van der Waals surface area (Å²) in [5.41, 5.74) is 2.42. The Balaban J connectivity index is 0.000000217. The molecule has 6 aromatic rings. The van der Waals surface area contributed by atoms with E-state index in [0.29, 0.717) is 11.1 Å². The van der Waals surface area contributed by atoms with E-state index in [1.54, 1.807) is 56.3 Å². The number of rotatable bonds is 8. The summed E-state index contributed by atoms with van der Waals surface area (Å²) in [6, 6.07) is 32.0. The maximum atomic E-state index is 12.3. The number of phenols is 9. The molecule has 0 spiro atoms. The van der Waals surface area contributed by atoms with Crippen LogP contribution in [0.2, 0.25) is 0 Å². The summed E-state index contributed by atoms with van der Waals surface area (Å²) in [6.07, 6.45) is 0. The molecule has 58 heavy (non-hydrogen) atoms. The van der Waals surface area contributed by atoms with Crippen molar-refractivity contribution in [2.24, 2.45) is 0 Å². The van der Waals surface area contributed by atoms with E-state index in [1.807, 2.05) is 0 Å². The molecule has 0 heterocycles. The Bertz CT molecular complexity index is 2320. The maximum absolute atomic E-state index is 12.3. The van der Waals surface area contributed by atoms with Crippen LogP contribution in [0.4, 0.5) is 0 Å². The second-order valence-electron chi connectivity index (χ2n) is 12.6. The summed E-state index contributed by atoms with van der Waals surface area (Å²) >= 11 is 0. The van der Waals surface area contributed by atoms with E-state index in [1.165, 1.54) is 78.9 Å². The van der Waals surface area contributed by atoms with E-state index in [2.05, 4.69) is 6.58 Å². The molecular weight excluding hydrogens is 748 g/mol. The SMILES string of the molecule is C=C(C(=O)c1ccc(O)cc1O)c1ccc(O)cc1.CC(C(=O)O)c1ccc(O)cc1.CC(C(=O)c1ccc(O)cc1O)c1ccc(O)cc1.Oc1cccc(O)c1. The first-order valence-electron chi connectivity index (χ1n) is 17.3. The minimum atomic E-state index is -0.860. The minimum Gasteiger partial charge on any atom is -0.508 e. The van der Waals surface area contributed by atoms with E-state index in [-0.39, 0.29) is 74.2 Å². The molecule has 300 valence electrons. The van der Waals surface area contributed by atoms with Gasteiger partial charge in [-0.15, -0.1) is 0 Å². The highest BCUT2D eigenvalue weighted by Gasteiger charge is 2.20. The normalized spacial score (nSPS) is 11.1. The second kappa shape index (κ2) is 20.7. The molecule has 0 fully saturated rings. The molecule has 6 rings (SSSR count). The van der Waals surface area contributed by atoms with Crippen LogP contribution >= 0.6 is 0 Å². The zero-order valence-corrected chi connectivity index (χ0v) is 31.3. The molecule has 0 bridgehead atoms. The molecule has 13 heteroatoms. The number of carboxylic acids is 1. The van der Waals surface area contributed by atoms with Crippen molar-refractivity contribution in [3.05, 3.63) is 168 Å². The number of carbonyl (C=O) groups is 3. The third-order valence-corrected chi connectivity index (χ3v) is 8.34. The van der Waals surface area contributed by atoms with Crippen molar-refractivity contribution in [3.63, 3.8) is 0 Å². The maximum Gasteiger partial charge on any atom is 0.310 e. The molecule has 0 radical (unpaired) electrons. The van der Waals surface area contributed by atoms with Crippen LogP contribution in [0.5, 0.6) is 51.7 Å². The van der Waals surface area contributed by atoms with Gasteiger partial charge in [-0.25, -0.2) is 0 Å². The predicted molar refractivity (Wildman–Crippen MR) is 216 cm³/mol. The average Bonchev–Trinajstić information content (AvgIpc) is 3.18. The van der Waals surface area contributed by atoms with Gasteiger partial charge in [-0.2, -0.15) is 0 Å². The lowest BCUT2D eigenvalue weighted by Gasteiger charge is -2.12. The van der Waals surface area contributed by atoms with Crippen LogP contribution < -0.4 is 0 Å². The highest BCUT2D eigenvalue weighted by molar-refractivity contribution is 6.29. The van der Waals surface area contributed by atoms with Crippen molar-refractivity contribution in [2.45, 2.75) is 25.7 Å². The number of allylic oxidation sites excluding steroid dienone is 1. The minimum absolute atomic E-state index is 0.0656. The summed E-state index contributed by atoms with van der Waals surface area (Å²) < 4.78 is 0. The molecule has 0 aliphatic heterocycles. The van der Waals surface area contributed by atoms with Gasteiger partial charge in [0.25, 0.3) is 0 Å². The third-order valence-electron chi connectivity index (χ3n) is 8.34. The molecule has 0 saturated carbocycles. The number of ketones is 2. The Kier molecular flexibility index (Phi) is 15.8. The molecular formula is C45H42O13. The quantitative estimate of drug-likeness (QED) is 0.0516. The van der Waals surface area contributed by atoms with Crippen LogP contribution in [0.15, 0.2) is 140 Å². The van der Waals surface area contributed by atoms with Crippen molar-refractivity contribution in [1.82, 2.24) is 0 Å². The summed E-state index contributed by atoms with van der Waals surface area (Å²) in [4.78, 5) is 34.9. The number of phenolic OH excluding ortho intramolecular Hbond substituents is 9. The number of carboxylic acid groups (broad SMARTS) is 1. The van der Waals surface area contributed by atoms with E-state index >= 15 is 0 Å². The molecule has 0 aliphatic carbocycles. The Morgan fingerprint density at radius 2 is 0.810 bits per heavy atom. The van der Waals surface area contributed by atoms with Gasteiger partial charge in [-0.05, 0) is 96.4 Å². The zero-order chi connectivity index (χ0) is 43.1. The van der Waals surface area contributed by atoms with Crippen LogP contribution in [0.3, 0.4) is 0 Å². The Morgan fingerprint density at radius 3 is 1.19 bits per heavy atom. The molecule has 0 saturated heterocycles. The van der Waals surface area contributed by atoms with Crippen LogP contribution in [0, 0.1) is 0 Å². The fourth-order valence-corrected chi connectivity index (χ4v) is 4.94. The van der Waals surface area contributed by atoms with E-state index in [9.17, 15) is 45.0 Å². The van der Waals surface area contributed by atoms with Gasteiger partial charge in [-0.1, -0.05) is 56.0 Å².